The molecule has 2 N–H and O–H groups in total. The van der Waals surface area contributed by atoms with Crippen molar-refractivity contribution in [1.82, 2.24) is 5.48 Å². The molecule has 1 aromatic carbocycles. The lowest BCUT2D eigenvalue weighted by molar-refractivity contribution is -0.152. The van der Waals surface area contributed by atoms with Crippen LogP contribution >= 0.6 is 0 Å². The molecular formula is C10H8F3NO2. The number of benzene rings is 1. The molecule has 0 aliphatic heterocycles. The van der Waals surface area contributed by atoms with E-state index >= 15 is 0 Å². The molecule has 0 spiro atoms. The van der Waals surface area contributed by atoms with Crippen molar-refractivity contribution in [2.24, 2.45) is 0 Å². The number of hydrogen-bond acceptors (Lipinski definition) is 3. The van der Waals surface area contributed by atoms with E-state index in [1.165, 1.54) is 12.1 Å². The molecule has 0 aliphatic rings. The maximum absolute atomic E-state index is 12.3. The zero-order chi connectivity index (χ0) is 11.8. The Morgan fingerprint density at radius 2 is 2.00 bits per heavy atom. The minimum Gasteiger partial charge on any atom is -0.452 e. The fourth-order valence-electron chi connectivity index (χ4n) is 1.43. The molecule has 0 amide bonds. The van der Waals surface area contributed by atoms with E-state index < -0.39 is 11.9 Å². The van der Waals surface area contributed by atoms with Crippen molar-refractivity contribution in [3.05, 3.63) is 35.6 Å². The first-order valence-electron chi connectivity index (χ1n) is 4.47. The summed E-state index contributed by atoms with van der Waals surface area (Å²) < 4.78 is 41.6. The van der Waals surface area contributed by atoms with E-state index in [0.717, 1.165) is 6.07 Å². The Labute approximate surface area is 88.4 Å². The first-order chi connectivity index (χ1) is 7.50. The summed E-state index contributed by atoms with van der Waals surface area (Å²) in [6, 6.07) is 5.49. The van der Waals surface area contributed by atoms with Crippen molar-refractivity contribution in [1.29, 1.82) is 0 Å². The normalized spacial score (nSPS) is 12.2. The van der Waals surface area contributed by atoms with Crippen molar-refractivity contribution >= 4 is 11.0 Å². The maximum Gasteiger partial charge on any atom is 0.449 e. The topological polar surface area (TPSA) is 45.4 Å². The standard InChI is InChI=1S/C10H8F3NO2/c11-10(12,13)9-4-7-3-6(5-14-15)1-2-8(7)16-9/h1-4,14-15H,5H2. The maximum atomic E-state index is 12.3. The van der Waals surface area contributed by atoms with Crippen LogP contribution in [-0.2, 0) is 12.7 Å². The Morgan fingerprint density at radius 1 is 1.25 bits per heavy atom. The number of halogens is 3. The smallest absolute Gasteiger partial charge is 0.449 e. The van der Waals surface area contributed by atoms with E-state index in [1.807, 2.05) is 5.48 Å². The molecule has 6 heteroatoms. The van der Waals surface area contributed by atoms with Crippen LogP contribution in [0.25, 0.3) is 11.0 Å². The molecule has 0 fully saturated rings. The Kier molecular flexibility index (Phi) is 2.61. The Balaban J connectivity index is 2.46. The average Bonchev–Trinajstić information content (AvgIpc) is 2.60. The van der Waals surface area contributed by atoms with Gasteiger partial charge in [-0.3, -0.25) is 0 Å². The van der Waals surface area contributed by atoms with Gasteiger partial charge in [0.15, 0.2) is 0 Å². The summed E-state index contributed by atoms with van der Waals surface area (Å²) in [6.45, 7) is 0.169. The summed E-state index contributed by atoms with van der Waals surface area (Å²) in [5.41, 5.74) is 2.78. The van der Waals surface area contributed by atoms with Crippen molar-refractivity contribution in [3.63, 3.8) is 0 Å². The summed E-state index contributed by atoms with van der Waals surface area (Å²) in [5, 5.41) is 8.83. The molecule has 16 heavy (non-hydrogen) atoms. The summed E-state index contributed by atoms with van der Waals surface area (Å²) in [5.74, 6) is -1.02. The highest BCUT2D eigenvalue weighted by atomic mass is 19.4. The lowest BCUT2D eigenvalue weighted by atomic mass is 10.1. The molecule has 1 aromatic heterocycles. The highest BCUT2D eigenvalue weighted by molar-refractivity contribution is 5.78. The molecule has 0 radical (unpaired) electrons. The third kappa shape index (κ3) is 2.02. The number of furan rings is 1. The number of nitrogens with one attached hydrogen (secondary N) is 1. The van der Waals surface area contributed by atoms with E-state index in [9.17, 15) is 13.2 Å². The van der Waals surface area contributed by atoms with E-state index in [1.54, 1.807) is 6.07 Å². The molecule has 86 valence electrons. The van der Waals surface area contributed by atoms with Crippen molar-refractivity contribution < 1.29 is 22.8 Å². The number of hydrogen-bond donors (Lipinski definition) is 2. The number of hydroxylamine groups is 1. The second kappa shape index (κ2) is 3.80. The molecule has 0 atom stereocenters. The Hall–Kier alpha value is -1.53. The third-order valence-corrected chi connectivity index (χ3v) is 2.14. The largest absolute Gasteiger partial charge is 0.452 e. The van der Waals surface area contributed by atoms with Gasteiger partial charge in [0.25, 0.3) is 0 Å². The fourth-order valence-corrected chi connectivity index (χ4v) is 1.43. The van der Waals surface area contributed by atoms with Gasteiger partial charge in [0.05, 0.1) is 0 Å². The summed E-state index contributed by atoms with van der Waals surface area (Å²) in [6.07, 6.45) is -4.48. The molecule has 0 unspecified atom stereocenters. The minimum atomic E-state index is -4.48. The molecule has 0 saturated carbocycles. The molecule has 0 bridgehead atoms. The van der Waals surface area contributed by atoms with Gasteiger partial charge in [-0.2, -0.15) is 13.2 Å². The van der Waals surface area contributed by atoms with Crippen LogP contribution in [0.3, 0.4) is 0 Å². The number of alkyl halides is 3. The SMILES string of the molecule is ONCc1ccc2oc(C(F)(F)F)cc2c1. The van der Waals surface area contributed by atoms with Crippen LogP contribution in [-0.4, -0.2) is 5.21 Å². The van der Waals surface area contributed by atoms with E-state index in [4.69, 9.17) is 5.21 Å². The monoisotopic (exact) mass is 231 g/mol. The second-order valence-electron chi connectivity index (χ2n) is 3.32. The Morgan fingerprint density at radius 3 is 2.62 bits per heavy atom. The van der Waals surface area contributed by atoms with Crippen LogP contribution in [0.2, 0.25) is 0 Å². The quantitative estimate of drug-likeness (QED) is 0.781. The first kappa shape index (κ1) is 11.0. The van der Waals surface area contributed by atoms with Crippen LogP contribution in [0.4, 0.5) is 13.2 Å². The highest BCUT2D eigenvalue weighted by Crippen LogP contribution is 2.33. The van der Waals surface area contributed by atoms with Crippen molar-refractivity contribution in [2.75, 3.05) is 0 Å². The van der Waals surface area contributed by atoms with Gasteiger partial charge in [-0.1, -0.05) is 6.07 Å². The van der Waals surface area contributed by atoms with Gasteiger partial charge in [-0.15, -0.1) is 0 Å². The zero-order valence-electron chi connectivity index (χ0n) is 8.01. The lowest BCUT2D eigenvalue weighted by Gasteiger charge is -1.99. The van der Waals surface area contributed by atoms with Gasteiger partial charge in [0.2, 0.25) is 5.76 Å². The molecule has 2 aromatic rings. The van der Waals surface area contributed by atoms with Crippen LogP contribution in [0.1, 0.15) is 11.3 Å². The average molecular weight is 231 g/mol. The summed E-state index contributed by atoms with van der Waals surface area (Å²) in [7, 11) is 0. The van der Waals surface area contributed by atoms with E-state index in [0.29, 0.717) is 10.9 Å². The van der Waals surface area contributed by atoms with Gasteiger partial charge in [-0.25, -0.2) is 5.48 Å². The third-order valence-electron chi connectivity index (χ3n) is 2.14. The van der Waals surface area contributed by atoms with Crippen LogP contribution < -0.4 is 5.48 Å². The predicted molar refractivity (Wildman–Crippen MR) is 49.8 cm³/mol. The molecule has 2 rings (SSSR count). The minimum absolute atomic E-state index is 0.169. The van der Waals surface area contributed by atoms with Gasteiger partial charge in [-0.05, 0) is 23.8 Å². The van der Waals surface area contributed by atoms with E-state index in [-0.39, 0.29) is 12.1 Å². The predicted octanol–water partition coefficient (Wildman–Crippen LogP) is 2.93. The summed E-state index contributed by atoms with van der Waals surface area (Å²) in [4.78, 5) is 0. The molecule has 1 heterocycles. The van der Waals surface area contributed by atoms with Gasteiger partial charge < -0.3 is 9.62 Å². The zero-order valence-corrected chi connectivity index (χ0v) is 8.01. The molecule has 0 aliphatic carbocycles. The van der Waals surface area contributed by atoms with Crippen molar-refractivity contribution in [2.45, 2.75) is 12.7 Å². The van der Waals surface area contributed by atoms with E-state index in [2.05, 4.69) is 4.42 Å². The first-order valence-corrected chi connectivity index (χ1v) is 4.47. The van der Waals surface area contributed by atoms with Crippen molar-refractivity contribution in [3.8, 4) is 0 Å². The van der Waals surface area contributed by atoms with Gasteiger partial charge >= 0.3 is 6.18 Å². The number of rotatable bonds is 2. The van der Waals surface area contributed by atoms with Gasteiger partial charge in [0.1, 0.15) is 5.58 Å². The molecule has 3 nitrogen and oxygen atoms in total. The second-order valence-corrected chi connectivity index (χ2v) is 3.32. The van der Waals surface area contributed by atoms with Gasteiger partial charge in [0, 0.05) is 11.9 Å². The highest BCUT2D eigenvalue weighted by Gasteiger charge is 2.35. The molecular weight excluding hydrogens is 223 g/mol. The van der Waals surface area contributed by atoms with Crippen LogP contribution in [0, 0.1) is 0 Å². The molecule has 0 saturated heterocycles. The van der Waals surface area contributed by atoms with Crippen LogP contribution in [0.5, 0.6) is 0 Å². The lowest BCUT2D eigenvalue weighted by Crippen LogP contribution is -2.05. The fraction of sp³-hybridized carbons (Fsp3) is 0.200. The number of fused-ring (bicyclic) bond motifs is 1. The summed E-state index contributed by atoms with van der Waals surface area (Å²) >= 11 is 0. The Bertz CT molecular complexity index is 504. The van der Waals surface area contributed by atoms with Crippen LogP contribution in [0.15, 0.2) is 28.7 Å².